The standard InChI is InChI=1S/C23H24N4O3S/c1-15(12-16-4-2-6-19(13-16)22(24)25)23(28)27-20-10-8-17(9-11-20)18-5-3-7-21(14-18)31(26,29)30/h2-11,13-15H,12H2,1H3,(H3,24,25)(H,27,28)(H2,26,29,30). The smallest absolute Gasteiger partial charge is 0.238 e. The molecule has 7 nitrogen and oxygen atoms in total. The second kappa shape index (κ2) is 9.11. The van der Waals surface area contributed by atoms with Crippen molar-refractivity contribution in [1.82, 2.24) is 0 Å². The lowest BCUT2D eigenvalue weighted by Crippen LogP contribution is -2.22. The van der Waals surface area contributed by atoms with Crippen LogP contribution in [0.15, 0.2) is 77.7 Å². The van der Waals surface area contributed by atoms with Crippen molar-refractivity contribution < 1.29 is 13.2 Å². The molecule has 1 atom stereocenters. The molecule has 0 fully saturated rings. The first-order valence-electron chi connectivity index (χ1n) is 9.61. The van der Waals surface area contributed by atoms with Crippen molar-refractivity contribution in [2.45, 2.75) is 18.2 Å². The van der Waals surface area contributed by atoms with Gasteiger partial charge in [0, 0.05) is 17.2 Å². The van der Waals surface area contributed by atoms with E-state index >= 15 is 0 Å². The highest BCUT2D eigenvalue weighted by Crippen LogP contribution is 2.24. The van der Waals surface area contributed by atoms with Crippen molar-refractivity contribution in [1.29, 1.82) is 5.41 Å². The molecule has 3 aromatic carbocycles. The molecule has 0 aliphatic carbocycles. The van der Waals surface area contributed by atoms with Gasteiger partial charge in [0.05, 0.1) is 4.90 Å². The molecule has 3 aromatic rings. The van der Waals surface area contributed by atoms with Gasteiger partial charge in [-0.05, 0) is 53.4 Å². The monoisotopic (exact) mass is 436 g/mol. The molecule has 0 aliphatic heterocycles. The van der Waals surface area contributed by atoms with E-state index in [2.05, 4.69) is 5.32 Å². The third-order valence-corrected chi connectivity index (χ3v) is 5.79. The highest BCUT2D eigenvalue weighted by molar-refractivity contribution is 7.89. The van der Waals surface area contributed by atoms with Crippen LogP contribution in [0, 0.1) is 11.3 Å². The number of amidine groups is 1. The minimum Gasteiger partial charge on any atom is -0.384 e. The van der Waals surface area contributed by atoms with Gasteiger partial charge in [-0.2, -0.15) is 0 Å². The Hall–Kier alpha value is -3.49. The number of amides is 1. The van der Waals surface area contributed by atoms with E-state index in [0.717, 1.165) is 11.1 Å². The summed E-state index contributed by atoms with van der Waals surface area (Å²) >= 11 is 0. The van der Waals surface area contributed by atoms with Crippen LogP contribution in [0.4, 0.5) is 5.69 Å². The molecule has 0 saturated heterocycles. The molecule has 0 aliphatic rings. The van der Waals surface area contributed by atoms with E-state index < -0.39 is 10.0 Å². The Bertz CT molecular complexity index is 1220. The van der Waals surface area contributed by atoms with Gasteiger partial charge in [-0.1, -0.05) is 49.4 Å². The summed E-state index contributed by atoms with van der Waals surface area (Å²) in [6.45, 7) is 1.84. The van der Waals surface area contributed by atoms with Gasteiger partial charge in [0.1, 0.15) is 5.84 Å². The molecule has 1 unspecified atom stereocenters. The van der Waals surface area contributed by atoms with Crippen LogP contribution in [0.2, 0.25) is 0 Å². The summed E-state index contributed by atoms with van der Waals surface area (Å²) in [5.74, 6) is -0.417. The van der Waals surface area contributed by atoms with Crippen molar-refractivity contribution in [3.05, 3.63) is 83.9 Å². The number of nitrogens with one attached hydrogen (secondary N) is 2. The first kappa shape index (κ1) is 22.2. The van der Waals surface area contributed by atoms with Crippen LogP contribution in [-0.4, -0.2) is 20.2 Å². The van der Waals surface area contributed by atoms with Crippen LogP contribution in [0.25, 0.3) is 11.1 Å². The summed E-state index contributed by atoms with van der Waals surface area (Å²) in [4.78, 5) is 12.6. The summed E-state index contributed by atoms with van der Waals surface area (Å²) in [5, 5.41) is 15.6. The average Bonchev–Trinajstić information content (AvgIpc) is 2.74. The van der Waals surface area contributed by atoms with Gasteiger partial charge in [-0.3, -0.25) is 10.2 Å². The molecule has 31 heavy (non-hydrogen) atoms. The van der Waals surface area contributed by atoms with Gasteiger partial charge in [0.25, 0.3) is 0 Å². The molecule has 0 aromatic heterocycles. The number of benzene rings is 3. The second-order valence-corrected chi connectivity index (χ2v) is 8.92. The number of nitrogens with two attached hydrogens (primary N) is 2. The van der Waals surface area contributed by atoms with E-state index in [1.807, 2.05) is 25.1 Å². The molecule has 0 heterocycles. The van der Waals surface area contributed by atoms with Crippen LogP contribution >= 0.6 is 0 Å². The lowest BCUT2D eigenvalue weighted by molar-refractivity contribution is -0.119. The summed E-state index contributed by atoms with van der Waals surface area (Å²) < 4.78 is 23.1. The molecule has 160 valence electrons. The van der Waals surface area contributed by atoms with Gasteiger partial charge in [0.2, 0.25) is 15.9 Å². The number of hydrogen-bond acceptors (Lipinski definition) is 4. The molecule has 3 rings (SSSR count). The van der Waals surface area contributed by atoms with Gasteiger partial charge in [-0.25, -0.2) is 13.6 Å². The number of primary sulfonamides is 1. The van der Waals surface area contributed by atoms with Crippen molar-refractivity contribution >= 4 is 27.5 Å². The Morgan fingerprint density at radius 3 is 2.32 bits per heavy atom. The molecule has 0 bridgehead atoms. The Morgan fingerprint density at radius 2 is 1.68 bits per heavy atom. The highest BCUT2D eigenvalue weighted by Gasteiger charge is 2.15. The number of hydrogen-bond donors (Lipinski definition) is 4. The number of nitrogen functional groups attached to an aromatic ring is 1. The van der Waals surface area contributed by atoms with Crippen LogP contribution < -0.4 is 16.2 Å². The third-order valence-electron chi connectivity index (χ3n) is 4.88. The Kier molecular flexibility index (Phi) is 6.53. The van der Waals surface area contributed by atoms with E-state index in [0.29, 0.717) is 23.2 Å². The van der Waals surface area contributed by atoms with Gasteiger partial charge < -0.3 is 11.1 Å². The van der Waals surface area contributed by atoms with E-state index in [-0.39, 0.29) is 22.6 Å². The molecular formula is C23H24N4O3S. The zero-order valence-corrected chi connectivity index (χ0v) is 17.8. The first-order chi connectivity index (χ1) is 14.6. The van der Waals surface area contributed by atoms with Crippen LogP contribution in [-0.2, 0) is 21.2 Å². The Morgan fingerprint density at radius 1 is 1.00 bits per heavy atom. The van der Waals surface area contributed by atoms with Crippen LogP contribution in [0.1, 0.15) is 18.1 Å². The van der Waals surface area contributed by atoms with Crippen LogP contribution in [0.3, 0.4) is 0 Å². The molecule has 0 spiro atoms. The van der Waals surface area contributed by atoms with Crippen molar-refractivity contribution in [3.8, 4) is 11.1 Å². The summed E-state index contributed by atoms with van der Waals surface area (Å²) in [6.07, 6.45) is 0.519. The first-order valence-corrected chi connectivity index (χ1v) is 11.2. The van der Waals surface area contributed by atoms with E-state index in [4.69, 9.17) is 16.3 Å². The normalized spacial score (nSPS) is 12.2. The molecule has 0 radical (unpaired) electrons. The maximum Gasteiger partial charge on any atom is 0.238 e. The lowest BCUT2D eigenvalue weighted by Gasteiger charge is -2.13. The van der Waals surface area contributed by atoms with Gasteiger partial charge in [0.15, 0.2) is 0 Å². The zero-order chi connectivity index (χ0) is 22.6. The quantitative estimate of drug-likeness (QED) is 0.334. The topological polar surface area (TPSA) is 139 Å². The molecular weight excluding hydrogens is 412 g/mol. The molecule has 8 heteroatoms. The summed E-state index contributed by atoms with van der Waals surface area (Å²) in [5.41, 5.74) is 9.24. The minimum atomic E-state index is -3.78. The fourth-order valence-corrected chi connectivity index (χ4v) is 3.74. The largest absolute Gasteiger partial charge is 0.384 e. The zero-order valence-electron chi connectivity index (χ0n) is 17.0. The van der Waals surface area contributed by atoms with Crippen molar-refractivity contribution in [2.75, 3.05) is 5.32 Å². The van der Waals surface area contributed by atoms with Crippen molar-refractivity contribution in [2.24, 2.45) is 16.8 Å². The highest BCUT2D eigenvalue weighted by atomic mass is 32.2. The molecule has 0 saturated carbocycles. The Labute approximate surface area is 181 Å². The molecule has 6 N–H and O–H groups in total. The SMILES string of the molecule is CC(Cc1cccc(C(=N)N)c1)C(=O)Nc1ccc(-c2cccc(S(N)(=O)=O)c2)cc1. The van der Waals surface area contributed by atoms with Crippen LogP contribution in [0.5, 0.6) is 0 Å². The Balaban J connectivity index is 1.67. The number of rotatable bonds is 7. The van der Waals surface area contributed by atoms with Gasteiger partial charge >= 0.3 is 0 Å². The predicted octanol–water partition coefficient (Wildman–Crippen LogP) is 3.10. The third kappa shape index (κ3) is 5.78. The number of anilines is 1. The van der Waals surface area contributed by atoms with E-state index in [9.17, 15) is 13.2 Å². The maximum atomic E-state index is 12.6. The number of sulfonamides is 1. The maximum absolute atomic E-state index is 12.6. The van der Waals surface area contributed by atoms with Gasteiger partial charge in [-0.15, -0.1) is 0 Å². The number of carbonyl (C=O) groups is 1. The fraction of sp³-hybridized carbons (Fsp3) is 0.130. The summed E-state index contributed by atoms with van der Waals surface area (Å²) in [6, 6.07) is 20.8. The fourth-order valence-electron chi connectivity index (χ4n) is 3.18. The number of carbonyl (C=O) groups excluding carboxylic acids is 1. The summed E-state index contributed by atoms with van der Waals surface area (Å²) in [7, 11) is -3.78. The van der Waals surface area contributed by atoms with Crippen molar-refractivity contribution in [3.63, 3.8) is 0 Å². The average molecular weight is 437 g/mol. The predicted molar refractivity (Wildman–Crippen MR) is 122 cm³/mol. The minimum absolute atomic E-state index is 0.00589. The molecule has 1 amide bonds. The van der Waals surface area contributed by atoms with E-state index in [1.165, 1.54) is 12.1 Å². The van der Waals surface area contributed by atoms with E-state index in [1.54, 1.807) is 42.5 Å². The lowest BCUT2D eigenvalue weighted by atomic mass is 9.98. The second-order valence-electron chi connectivity index (χ2n) is 7.36.